The standard InChI is InChI=1S/C66H128O17P2/c1-9-58(7)44-36-28-20-13-11-12-14-21-30-38-46-63(68)76-52-61(82-65(70)48-40-32-22-16-15-18-26-34-42-56(3)4)54-80-84(72,73)78-50-60(67)51-79-85(74,75)81-55-62(83-66(71)49-41-33-25-24-29-37-45-59(8)10-2)53-77-64(69)47-39-31-23-17-19-27-35-43-57(5)6/h56-62,67H,9-55H2,1-8H3,(H,72,73)(H,74,75)/t58?,59?,60?,61-,62-/m1/s1. The summed E-state index contributed by atoms with van der Waals surface area (Å²) < 4.78 is 68.1. The van der Waals surface area contributed by atoms with Gasteiger partial charge in [0.05, 0.1) is 26.4 Å². The van der Waals surface area contributed by atoms with Crippen LogP contribution in [0.1, 0.15) is 319 Å². The molecule has 0 aliphatic carbocycles. The first-order valence-corrected chi connectivity index (χ1v) is 37.3. The van der Waals surface area contributed by atoms with Crippen molar-refractivity contribution in [1.29, 1.82) is 0 Å². The third-order valence-electron chi connectivity index (χ3n) is 15.8. The summed E-state index contributed by atoms with van der Waals surface area (Å²) in [6, 6.07) is 0. The molecule has 5 unspecified atom stereocenters. The van der Waals surface area contributed by atoms with Crippen LogP contribution in [0.25, 0.3) is 0 Å². The van der Waals surface area contributed by atoms with Crippen molar-refractivity contribution in [2.45, 2.75) is 337 Å². The number of carbonyl (C=O) groups is 4. The highest BCUT2D eigenvalue weighted by molar-refractivity contribution is 7.47. The topological polar surface area (TPSA) is 237 Å². The third kappa shape index (κ3) is 58.2. The van der Waals surface area contributed by atoms with Crippen molar-refractivity contribution in [2.75, 3.05) is 39.6 Å². The lowest BCUT2D eigenvalue weighted by Crippen LogP contribution is -2.30. The molecule has 0 fully saturated rings. The zero-order valence-corrected chi connectivity index (χ0v) is 57.0. The summed E-state index contributed by atoms with van der Waals surface area (Å²) in [5, 5.41) is 10.5. The first-order valence-electron chi connectivity index (χ1n) is 34.3. The highest BCUT2D eigenvalue weighted by atomic mass is 31.2. The maximum absolute atomic E-state index is 13.0. The van der Waals surface area contributed by atoms with Crippen LogP contribution in [0.4, 0.5) is 0 Å². The maximum atomic E-state index is 13.0. The molecule has 0 saturated carbocycles. The number of hydrogen-bond acceptors (Lipinski definition) is 15. The molecule has 3 N–H and O–H groups in total. The average Bonchev–Trinajstić information content (AvgIpc) is 3.62. The van der Waals surface area contributed by atoms with E-state index in [4.69, 9.17) is 37.0 Å². The Morgan fingerprint density at radius 1 is 0.329 bits per heavy atom. The zero-order valence-electron chi connectivity index (χ0n) is 55.2. The minimum absolute atomic E-state index is 0.101. The molecule has 7 atom stereocenters. The minimum atomic E-state index is -4.95. The molecule has 17 nitrogen and oxygen atoms in total. The third-order valence-corrected chi connectivity index (χ3v) is 17.7. The Morgan fingerprint density at radius 3 is 0.835 bits per heavy atom. The summed E-state index contributed by atoms with van der Waals surface area (Å²) in [6.45, 7) is 14.0. The SMILES string of the molecule is CCC(C)CCCCCCCCCCCCC(=O)OC[C@H](COP(=O)(O)OCC(O)COP(=O)(O)OC[C@@H](COC(=O)CCCCCCCCCC(C)C)OC(=O)CCCCCCCCC(C)CC)OC(=O)CCCCCCCCCCC(C)C. The van der Waals surface area contributed by atoms with Gasteiger partial charge in [-0.15, -0.1) is 0 Å². The Morgan fingerprint density at radius 2 is 0.565 bits per heavy atom. The molecule has 85 heavy (non-hydrogen) atoms. The van der Waals surface area contributed by atoms with Crippen molar-refractivity contribution in [3.63, 3.8) is 0 Å². The molecule has 0 rings (SSSR count). The van der Waals surface area contributed by atoms with Gasteiger partial charge in [0.15, 0.2) is 12.2 Å². The van der Waals surface area contributed by atoms with Crippen LogP contribution in [0.2, 0.25) is 0 Å². The monoisotopic (exact) mass is 1250 g/mol. The smallest absolute Gasteiger partial charge is 0.462 e. The van der Waals surface area contributed by atoms with E-state index in [0.29, 0.717) is 31.6 Å². The van der Waals surface area contributed by atoms with E-state index in [1.165, 1.54) is 116 Å². The molecule has 0 aromatic rings. The van der Waals surface area contributed by atoms with Crippen LogP contribution in [-0.2, 0) is 65.4 Å². The fraction of sp³-hybridized carbons (Fsp3) is 0.939. The van der Waals surface area contributed by atoms with Gasteiger partial charge < -0.3 is 33.8 Å². The fourth-order valence-electron chi connectivity index (χ4n) is 9.72. The molecule has 0 aliphatic heterocycles. The first-order chi connectivity index (χ1) is 40.7. The lowest BCUT2D eigenvalue weighted by atomic mass is 9.99. The molecule has 19 heteroatoms. The molecule has 0 bridgehead atoms. The summed E-state index contributed by atoms with van der Waals surface area (Å²) in [5.41, 5.74) is 0. The molecule has 0 saturated heterocycles. The molecule has 0 aromatic heterocycles. The number of hydrogen-bond donors (Lipinski definition) is 3. The number of carbonyl (C=O) groups excluding carboxylic acids is 4. The van der Waals surface area contributed by atoms with Crippen LogP contribution in [0, 0.1) is 23.7 Å². The van der Waals surface area contributed by atoms with Gasteiger partial charge in [-0.1, -0.05) is 267 Å². The fourth-order valence-corrected chi connectivity index (χ4v) is 11.3. The molecule has 0 spiro atoms. The lowest BCUT2D eigenvalue weighted by Gasteiger charge is -2.21. The minimum Gasteiger partial charge on any atom is -0.462 e. The van der Waals surface area contributed by atoms with Crippen molar-refractivity contribution < 1.29 is 80.2 Å². The number of phosphoric ester groups is 2. The predicted molar refractivity (Wildman–Crippen MR) is 340 cm³/mol. The van der Waals surface area contributed by atoms with Crippen molar-refractivity contribution in [3.05, 3.63) is 0 Å². The van der Waals surface area contributed by atoms with Gasteiger partial charge in [-0.05, 0) is 49.4 Å². The Balaban J connectivity index is 5.25. The summed E-state index contributed by atoms with van der Waals surface area (Å²) >= 11 is 0. The summed E-state index contributed by atoms with van der Waals surface area (Å²) in [6.07, 6.45) is 36.3. The van der Waals surface area contributed by atoms with E-state index in [-0.39, 0.29) is 25.7 Å². The van der Waals surface area contributed by atoms with Gasteiger partial charge in [-0.25, -0.2) is 9.13 Å². The van der Waals surface area contributed by atoms with Crippen LogP contribution in [0.3, 0.4) is 0 Å². The number of unbranched alkanes of at least 4 members (excludes halogenated alkanes) is 27. The van der Waals surface area contributed by atoms with Crippen LogP contribution < -0.4 is 0 Å². The van der Waals surface area contributed by atoms with Crippen molar-refractivity contribution in [3.8, 4) is 0 Å². The summed E-state index contributed by atoms with van der Waals surface area (Å²) in [7, 11) is -9.89. The van der Waals surface area contributed by atoms with E-state index >= 15 is 0 Å². The molecule has 0 heterocycles. The van der Waals surface area contributed by atoms with Crippen molar-refractivity contribution >= 4 is 39.5 Å². The second kappa shape index (κ2) is 56.1. The zero-order chi connectivity index (χ0) is 63.2. The molecular weight excluding hydrogens is 1130 g/mol. The second-order valence-electron chi connectivity index (χ2n) is 25.3. The number of esters is 4. The largest absolute Gasteiger partial charge is 0.472 e. The van der Waals surface area contributed by atoms with Crippen LogP contribution >= 0.6 is 15.6 Å². The van der Waals surface area contributed by atoms with E-state index in [2.05, 4.69) is 55.4 Å². The first kappa shape index (κ1) is 83.1. The van der Waals surface area contributed by atoms with Crippen molar-refractivity contribution in [2.24, 2.45) is 23.7 Å². The Bertz CT molecular complexity index is 1700. The van der Waals surface area contributed by atoms with E-state index in [1.54, 1.807) is 0 Å². The van der Waals surface area contributed by atoms with E-state index in [9.17, 15) is 43.2 Å². The number of rotatable bonds is 63. The highest BCUT2D eigenvalue weighted by Gasteiger charge is 2.30. The van der Waals surface area contributed by atoms with Gasteiger partial charge in [0.25, 0.3) is 0 Å². The van der Waals surface area contributed by atoms with Crippen molar-refractivity contribution in [1.82, 2.24) is 0 Å². The van der Waals surface area contributed by atoms with Gasteiger partial charge >= 0.3 is 39.5 Å². The molecule has 0 radical (unpaired) electrons. The normalized spacial score (nSPS) is 15.0. The molecule has 0 amide bonds. The number of aliphatic hydroxyl groups excluding tert-OH is 1. The molecule has 0 aromatic carbocycles. The van der Waals surface area contributed by atoms with E-state index in [1.807, 2.05) is 0 Å². The van der Waals surface area contributed by atoms with E-state index in [0.717, 1.165) is 114 Å². The predicted octanol–water partition coefficient (Wildman–Crippen LogP) is 18.1. The quantitative estimate of drug-likeness (QED) is 0.0222. The average molecular weight is 1260 g/mol. The Labute approximate surface area is 517 Å². The van der Waals surface area contributed by atoms with Gasteiger partial charge in [0, 0.05) is 25.7 Å². The maximum Gasteiger partial charge on any atom is 0.472 e. The Hall–Kier alpha value is -1.94. The number of phosphoric acid groups is 2. The second-order valence-corrected chi connectivity index (χ2v) is 28.2. The van der Waals surface area contributed by atoms with Gasteiger partial charge in [0.2, 0.25) is 0 Å². The summed E-state index contributed by atoms with van der Waals surface area (Å²) in [4.78, 5) is 72.3. The number of aliphatic hydroxyl groups is 1. The highest BCUT2D eigenvalue weighted by Crippen LogP contribution is 2.45. The number of ether oxygens (including phenoxy) is 4. The van der Waals surface area contributed by atoms with Gasteiger partial charge in [-0.3, -0.25) is 37.3 Å². The van der Waals surface area contributed by atoms with Crippen LogP contribution in [0.5, 0.6) is 0 Å². The van der Waals surface area contributed by atoms with Crippen LogP contribution in [0.15, 0.2) is 0 Å². The molecular formula is C66H128O17P2. The lowest BCUT2D eigenvalue weighted by molar-refractivity contribution is -0.161. The Kier molecular flexibility index (Phi) is 54.8. The van der Waals surface area contributed by atoms with Gasteiger partial charge in [-0.2, -0.15) is 0 Å². The van der Waals surface area contributed by atoms with E-state index < -0.39 is 97.5 Å². The van der Waals surface area contributed by atoms with Crippen LogP contribution in [-0.4, -0.2) is 96.7 Å². The molecule has 0 aliphatic rings. The summed E-state index contributed by atoms with van der Waals surface area (Å²) in [5.74, 6) is 0.813. The van der Waals surface area contributed by atoms with Gasteiger partial charge in [0.1, 0.15) is 19.3 Å². The molecule has 504 valence electrons.